The highest BCUT2D eigenvalue weighted by Crippen LogP contribution is 2.43. The van der Waals surface area contributed by atoms with E-state index in [9.17, 15) is 0 Å². The molecule has 2 nitrogen and oxygen atoms in total. The summed E-state index contributed by atoms with van der Waals surface area (Å²) in [5.74, 6) is 0.260. The molecule has 128 valence electrons. The van der Waals surface area contributed by atoms with Crippen LogP contribution in [0.2, 0.25) is 30.1 Å². The Bertz CT molecular complexity index is 941. The number of pyridine rings is 1. The van der Waals surface area contributed by atoms with Gasteiger partial charge in [0.05, 0.1) is 20.1 Å². The second kappa shape index (κ2) is 7.40. The third-order valence-corrected chi connectivity index (χ3v) is 5.12. The van der Waals surface area contributed by atoms with Gasteiger partial charge in [0.15, 0.2) is 0 Å². The number of hydrogen-bond donors (Lipinski definition) is 1. The summed E-state index contributed by atoms with van der Waals surface area (Å²) in [7, 11) is 0. The average Bonchev–Trinajstić information content (AvgIpc) is 2.48. The normalized spacial score (nSPS) is 11.0. The zero-order valence-corrected chi connectivity index (χ0v) is 16.8. The molecule has 0 saturated carbocycles. The van der Waals surface area contributed by atoms with E-state index in [0.717, 1.165) is 0 Å². The Morgan fingerprint density at radius 2 is 1.08 bits per heavy atom. The maximum Gasteiger partial charge on any atom is 0.131 e. The van der Waals surface area contributed by atoms with Crippen LogP contribution in [0.5, 0.6) is 0 Å². The topological polar surface area (TPSA) is 38.9 Å². The molecule has 2 aromatic carbocycles. The minimum Gasteiger partial charge on any atom is -0.383 e. The first-order valence-electron chi connectivity index (χ1n) is 6.83. The lowest BCUT2D eigenvalue weighted by Gasteiger charge is -2.13. The fourth-order valence-electron chi connectivity index (χ4n) is 2.43. The Balaban J connectivity index is 2.25. The van der Waals surface area contributed by atoms with Crippen molar-refractivity contribution in [1.29, 1.82) is 0 Å². The number of halogens is 6. The summed E-state index contributed by atoms with van der Waals surface area (Å²) in [4.78, 5) is 4.22. The van der Waals surface area contributed by atoms with E-state index in [2.05, 4.69) is 4.98 Å². The van der Waals surface area contributed by atoms with Crippen LogP contribution in [0.3, 0.4) is 0 Å². The quantitative estimate of drug-likeness (QED) is 0.428. The van der Waals surface area contributed by atoms with E-state index in [4.69, 9.17) is 75.3 Å². The van der Waals surface area contributed by atoms with Gasteiger partial charge in [-0.15, -0.1) is 0 Å². The molecule has 0 aliphatic carbocycles. The summed E-state index contributed by atoms with van der Waals surface area (Å²) < 4.78 is 0. The van der Waals surface area contributed by atoms with Crippen LogP contribution in [0, 0.1) is 0 Å². The van der Waals surface area contributed by atoms with Crippen molar-refractivity contribution in [3.63, 3.8) is 0 Å². The van der Waals surface area contributed by atoms with Gasteiger partial charge < -0.3 is 5.73 Å². The maximum atomic E-state index is 6.30. The number of anilines is 1. The number of benzene rings is 2. The van der Waals surface area contributed by atoms with Crippen molar-refractivity contribution in [1.82, 2.24) is 4.98 Å². The van der Waals surface area contributed by atoms with Crippen molar-refractivity contribution >= 4 is 75.4 Å². The first kappa shape index (κ1) is 18.9. The molecule has 0 spiro atoms. The SMILES string of the molecule is Nc1ncc(-c2c(Cl)cc(Cl)cc2Cl)cc1-c1c(Cl)cc(Cl)cc1Cl. The zero-order valence-electron chi connectivity index (χ0n) is 12.3. The molecule has 3 aromatic rings. The first-order chi connectivity index (χ1) is 11.8. The highest BCUT2D eigenvalue weighted by atomic mass is 35.5. The minimum absolute atomic E-state index is 0.260. The molecule has 0 unspecified atom stereocenters. The fraction of sp³-hybridized carbons (Fsp3) is 0. The predicted molar refractivity (Wildman–Crippen MR) is 110 cm³/mol. The van der Waals surface area contributed by atoms with Crippen LogP contribution < -0.4 is 5.73 Å². The van der Waals surface area contributed by atoms with Crippen LogP contribution >= 0.6 is 69.6 Å². The molecule has 0 fully saturated rings. The smallest absolute Gasteiger partial charge is 0.131 e. The second-order valence-electron chi connectivity index (χ2n) is 5.15. The molecular formula is C17H8Cl6N2. The van der Waals surface area contributed by atoms with Crippen LogP contribution in [0.4, 0.5) is 5.82 Å². The molecule has 0 amide bonds. The molecule has 3 rings (SSSR count). The van der Waals surface area contributed by atoms with Crippen LogP contribution in [0.25, 0.3) is 22.3 Å². The first-order valence-corrected chi connectivity index (χ1v) is 9.10. The maximum absolute atomic E-state index is 6.30. The third kappa shape index (κ3) is 3.80. The van der Waals surface area contributed by atoms with E-state index in [1.807, 2.05) is 0 Å². The number of nitrogen functional groups attached to an aromatic ring is 1. The monoisotopic (exact) mass is 450 g/mol. The van der Waals surface area contributed by atoms with Crippen molar-refractivity contribution in [2.75, 3.05) is 5.73 Å². The largest absolute Gasteiger partial charge is 0.383 e. The van der Waals surface area contributed by atoms with Crippen LogP contribution in [-0.4, -0.2) is 4.98 Å². The molecule has 1 heterocycles. The summed E-state index contributed by atoms with van der Waals surface area (Å²) in [5, 5.41) is 2.36. The third-order valence-electron chi connectivity index (χ3n) is 3.49. The Morgan fingerprint density at radius 3 is 1.56 bits per heavy atom. The second-order valence-corrected chi connectivity index (χ2v) is 7.65. The highest BCUT2D eigenvalue weighted by molar-refractivity contribution is 6.43. The number of nitrogens with zero attached hydrogens (tertiary/aromatic N) is 1. The van der Waals surface area contributed by atoms with Gasteiger partial charge in [0.2, 0.25) is 0 Å². The molecule has 0 radical (unpaired) electrons. The van der Waals surface area contributed by atoms with E-state index in [1.165, 1.54) is 0 Å². The van der Waals surface area contributed by atoms with Crippen molar-refractivity contribution in [2.45, 2.75) is 0 Å². The van der Waals surface area contributed by atoms with E-state index in [-0.39, 0.29) is 5.82 Å². The van der Waals surface area contributed by atoms with Crippen LogP contribution in [0.15, 0.2) is 36.5 Å². The van der Waals surface area contributed by atoms with Gasteiger partial charge in [-0.05, 0) is 30.3 Å². The van der Waals surface area contributed by atoms with Crippen molar-refractivity contribution in [3.8, 4) is 22.3 Å². The lowest BCUT2D eigenvalue weighted by Crippen LogP contribution is -1.97. The van der Waals surface area contributed by atoms with E-state index >= 15 is 0 Å². The molecule has 0 atom stereocenters. The van der Waals surface area contributed by atoms with Crippen molar-refractivity contribution in [2.24, 2.45) is 0 Å². The number of hydrogen-bond acceptors (Lipinski definition) is 2. The standard InChI is InChI=1S/C17H8Cl6N2/c18-8-2-11(20)15(12(21)3-8)7-1-10(17(24)25-6-7)16-13(22)4-9(19)5-14(16)23/h1-6H,(H2,24,25). The van der Waals surface area contributed by atoms with Crippen molar-refractivity contribution in [3.05, 3.63) is 66.7 Å². The van der Waals surface area contributed by atoms with Gasteiger partial charge in [-0.3, -0.25) is 0 Å². The number of rotatable bonds is 2. The predicted octanol–water partition coefficient (Wildman–Crippen LogP) is 7.92. The van der Waals surface area contributed by atoms with E-state index in [0.29, 0.717) is 52.4 Å². The molecule has 0 saturated heterocycles. The minimum atomic E-state index is 0.260. The Hall–Kier alpha value is -0.870. The van der Waals surface area contributed by atoms with Gasteiger partial charge in [0, 0.05) is 38.5 Å². The van der Waals surface area contributed by atoms with Gasteiger partial charge in [-0.2, -0.15) is 0 Å². The molecule has 8 heteroatoms. The van der Waals surface area contributed by atoms with Crippen LogP contribution in [0.1, 0.15) is 0 Å². The Kier molecular flexibility index (Phi) is 5.60. The molecule has 0 aliphatic rings. The average molecular weight is 453 g/mol. The molecule has 2 N–H and O–H groups in total. The summed E-state index contributed by atoms with van der Waals surface area (Å²) in [6, 6.07) is 8.13. The summed E-state index contributed by atoms with van der Waals surface area (Å²) in [6.07, 6.45) is 1.57. The molecule has 1 aromatic heterocycles. The van der Waals surface area contributed by atoms with Gasteiger partial charge in [0.1, 0.15) is 5.82 Å². The molecular weight excluding hydrogens is 445 g/mol. The molecule has 0 aliphatic heterocycles. The van der Waals surface area contributed by atoms with Gasteiger partial charge in [-0.25, -0.2) is 4.98 Å². The van der Waals surface area contributed by atoms with Crippen LogP contribution in [-0.2, 0) is 0 Å². The number of aromatic nitrogens is 1. The van der Waals surface area contributed by atoms with E-state index in [1.54, 1.807) is 36.5 Å². The summed E-state index contributed by atoms with van der Waals surface area (Å²) >= 11 is 37.1. The van der Waals surface area contributed by atoms with Gasteiger partial charge in [0.25, 0.3) is 0 Å². The van der Waals surface area contributed by atoms with Gasteiger partial charge in [-0.1, -0.05) is 69.6 Å². The lowest BCUT2D eigenvalue weighted by atomic mass is 10.0. The zero-order chi connectivity index (χ0) is 18.3. The summed E-state index contributed by atoms with van der Waals surface area (Å²) in [5.41, 5.74) is 8.34. The van der Waals surface area contributed by atoms with E-state index < -0.39 is 0 Å². The summed E-state index contributed by atoms with van der Waals surface area (Å²) in [6.45, 7) is 0. The van der Waals surface area contributed by atoms with Crippen molar-refractivity contribution < 1.29 is 0 Å². The highest BCUT2D eigenvalue weighted by Gasteiger charge is 2.17. The van der Waals surface area contributed by atoms with Gasteiger partial charge >= 0.3 is 0 Å². The lowest BCUT2D eigenvalue weighted by molar-refractivity contribution is 1.33. The Morgan fingerprint density at radius 1 is 0.640 bits per heavy atom. The number of nitrogens with two attached hydrogens (primary N) is 1. The Labute approximate surface area is 174 Å². The molecule has 0 bridgehead atoms. The fourth-order valence-corrected chi connectivity index (χ4v) is 4.49. The molecule has 25 heavy (non-hydrogen) atoms.